The van der Waals surface area contributed by atoms with Gasteiger partial charge in [0.2, 0.25) is 0 Å². The molecule has 0 atom stereocenters. The quantitative estimate of drug-likeness (QED) is 0.612. The lowest BCUT2D eigenvalue weighted by Crippen LogP contribution is -3.00. The number of rotatable bonds is 2. The van der Waals surface area contributed by atoms with E-state index in [9.17, 15) is 0 Å². The molecule has 3 nitrogen and oxygen atoms in total. The molecule has 0 N–H and O–H groups in total. The number of hydrogen-bond acceptors (Lipinski definition) is 0. The van der Waals surface area contributed by atoms with Crippen molar-refractivity contribution in [2.45, 2.75) is 13.0 Å². The van der Waals surface area contributed by atoms with E-state index in [0.29, 0.717) is 0 Å². The summed E-state index contributed by atoms with van der Waals surface area (Å²) >= 11 is 0. The minimum absolute atomic E-state index is 0. The molecular formula is C14H22BrN3. The maximum Gasteiger partial charge on any atom is 0.350 e. The zero-order valence-corrected chi connectivity index (χ0v) is 13.0. The van der Waals surface area contributed by atoms with Crippen molar-refractivity contribution in [3.63, 3.8) is 0 Å². The second-order valence-electron chi connectivity index (χ2n) is 4.88. The van der Waals surface area contributed by atoms with Crippen LogP contribution >= 0.6 is 0 Å². The summed E-state index contributed by atoms with van der Waals surface area (Å²) in [5.74, 6) is 1.32. The summed E-state index contributed by atoms with van der Waals surface area (Å²) in [5, 5.41) is 0. The van der Waals surface area contributed by atoms with Crippen molar-refractivity contribution in [2.24, 2.45) is 0 Å². The van der Waals surface area contributed by atoms with Crippen LogP contribution in [0, 0.1) is 0 Å². The van der Waals surface area contributed by atoms with E-state index < -0.39 is 0 Å². The van der Waals surface area contributed by atoms with Crippen LogP contribution in [0.3, 0.4) is 0 Å². The Morgan fingerprint density at radius 1 is 1.11 bits per heavy atom. The molecule has 18 heavy (non-hydrogen) atoms. The van der Waals surface area contributed by atoms with Crippen molar-refractivity contribution in [1.82, 2.24) is 9.80 Å². The number of guanidine groups is 1. The molecule has 1 aromatic rings. The zero-order chi connectivity index (χ0) is 12.3. The summed E-state index contributed by atoms with van der Waals surface area (Å²) in [7, 11) is 6.41. The highest BCUT2D eigenvalue weighted by molar-refractivity contribution is 5.75. The first kappa shape index (κ1) is 15.0. The van der Waals surface area contributed by atoms with Gasteiger partial charge in [-0.1, -0.05) is 30.3 Å². The Morgan fingerprint density at radius 3 is 2.39 bits per heavy atom. The van der Waals surface area contributed by atoms with Crippen LogP contribution in [-0.2, 0) is 6.54 Å². The summed E-state index contributed by atoms with van der Waals surface area (Å²) in [6.07, 6.45) is 1.24. The van der Waals surface area contributed by atoms with E-state index in [0.717, 1.165) is 19.6 Å². The molecule has 0 spiro atoms. The van der Waals surface area contributed by atoms with E-state index in [4.69, 9.17) is 0 Å². The molecule has 0 unspecified atom stereocenters. The molecule has 100 valence electrons. The third-order valence-electron chi connectivity index (χ3n) is 3.16. The van der Waals surface area contributed by atoms with Gasteiger partial charge in [-0.25, -0.2) is 0 Å². The first-order valence-corrected chi connectivity index (χ1v) is 6.23. The molecule has 1 heterocycles. The van der Waals surface area contributed by atoms with Gasteiger partial charge in [0.25, 0.3) is 0 Å². The van der Waals surface area contributed by atoms with Crippen LogP contribution in [0.5, 0.6) is 0 Å². The van der Waals surface area contributed by atoms with Gasteiger partial charge in [0.05, 0.1) is 40.8 Å². The highest BCUT2D eigenvalue weighted by Crippen LogP contribution is 2.11. The van der Waals surface area contributed by atoms with Crippen molar-refractivity contribution < 1.29 is 21.6 Å². The fourth-order valence-corrected chi connectivity index (χ4v) is 2.52. The molecule has 0 saturated carbocycles. The highest BCUT2D eigenvalue weighted by atomic mass is 79.9. The van der Waals surface area contributed by atoms with E-state index in [2.05, 4.69) is 65.9 Å². The maximum absolute atomic E-state index is 2.46. The van der Waals surface area contributed by atoms with Gasteiger partial charge in [0.15, 0.2) is 0 Å². The molecule has 0 amide bonds. The Kier molecular flexibility index (Phi) is 5.66. The number of nitrogens with zero attached hydrogens (tertiary/aromatic N) is 3. The van der Waals surface area contributed by atoms with E-state index >= 15 is 0 Å². The van der Waals surface area contributed by atoms with Crippen molar-refractivity contribution in [3.8, 4) is 0 Å². The predicted molar refractivity (Wildman–Crippen MR) is 71.2 cm³/mol. The summed E-state index contributed by atoms with van der Waals surface area (Å²) in [5.41, 5.74) is 1.38. The first-order valence-electron chi connectivity index (χ1n) is 6.23. The Balaban J connectivity index is 0.00000162. The standard InChI is InChI=1S/C14H22N3.BrH/c1-15(2)14-16(3)10-7-11-17(14)12-13-8-5-4-6-9-13;/h4-6,8-9H,7,10-12H2,1-3H3;1H/q+1;/p-1. The Bertz CT molecular complexity index is 399. The van der Waals surface area contributed by atoms with Gasteiger partial charge >= 0.3 is 5.96 Å². The van der Waals surface area contributed by atoms with Crippen LogP contribution in [0.1, 0.15) is 12.0 Å². The predicted octanol–water partition coefficient (Wildman–Crippen LogP) is -1.54. The van der Waals surface area contributed by atoms with Gasteiger partial charge < -0.3 is 17.0 Å². The lowest BCUT2D eigenvalue weighted by atomic mass is 10.2. The van der Waals surface area contributed by atoms with Gasteiger partial charge in [-0.15, -0.1) is 0 Å². The SMILES string of the molecule is CN1CCCN(Cc2ccccc2)C1=[N+](C)C.[Br-]. The zero-order valence-electron chi connectivity index (χ0n) is 11.4. The largest absolute Gasteiger partial charge is 1.00 e. The average molecular weight is 312 g/mol. The van der Waals surface area contributed by atoms with Gasteiger partial charge in [-0.2, -0.15) is 0 Å². The van der Waals surface area contributed by atoms with Gasteiger partial charge in [0, 0.05) is 6.42 Å². The number of benzene rings is 1. The third kappa shape index (κ3) is 3.48. The average Bonchev–Trinajstić information content (AvgIpc) is 2.30. The third-order valence-corrected chi connectivity index (χ3v) is 3.16. The Labute approximate surface area is 120 Å². The molecule has 1 aromatic carbocycles. The van der Waals surface area contributed by atoms with Gasteiger partial charge in [0.1, 0.15) is 0 Å². The van der Waals surface area contributed by atoms with Crippen molar-refractivity contribution >= 4 is 5.96 Å². The Morgan fingerprint density at radius 2 is 1.78 bits per heavy atom. The Hall–Kier alpha value is -1.03. The van der Waals surface area contributed by atoms with Crippen LogP contribution in [0.15, 0.2) is 30.3 Å². The molecule has 2 rings (SSSR count). The van der Waals surface area contributed by atoms with Crippen LogP contribution < -0.4 is 17.0 Å². The van der Waals surface area contributed by atoms with Crippen molar-refractivity contribution in [3.05, 3.63) is 35.9 Å². The topological polar surface area (TPSA) is 9.49 Å². The van der Waals surface area contributed by atoms with Crippen molar-refractivity contribution in [1.29, 1.82) is 0 Å². The van der Waals surface area contributed by atoms with E-state index in [1.54, 1.807) is 0 Å². The molecule has 0 aromatic heterocycles. The summed E-state index contributed by atoms with van der Waals surface area (Å²) in [6.45, 7) is 3.30. The molecule has 1 aliphatic heterocycles. The van der Waals surface area contributed by atoms with E-state index in [-0.39, 0.29) is 17.0 Å². The minimum Gasteiger partial charge on any atom is -1.00 e. The fourth-order valence-electron chi connectivity index (χ4n) is 2.52. The maximum atomic E-state index is 2.46. The second-order valence-corrected chi connectivity index (χ2v) is 4.88. The minimum atomic E-state index is 0. The van der Waals surface area contributed by atoms with E-state index in [1.807, 2.05) is 0 Å². The molecule has 0 aliphatic carbocycles. The molecule has 1 fully saturated rings. The highest BCUT2D eigenvalue weighted by Gasteiger charge is 2.28. The second kappa shape index (κ2) is 6.78. The molecule has 4 heteroatoms. The van der Waals surface area contributed by atoms with Crippen LogP contribution in [0.2, 0.25) is 0 Å². The number of halogens is 1. The molecule has 0 radical (unpaired) electrons. The van der Waals surface area contributed by atoms with Gasteiger partial charge in [-0.3, -0.25) is 14.4 Å². The number of hydrogen-bond donors (Lipinski definition) is 0. The summed E-state index contributed by atoms with van der Waals surface area (Å²) < 4.78 is 2.21. The van der Waals surface area contributed by atoms with E-state index in [1.165, 1.54) is 17.9 Å². The molecule has 1 aliphatic rings. The monoisotopic (exact) mass is 311 g/mol. The smallest absolute Gasteiger partial charge is 0.350 e. The van der Waals surface area contributed by atoms with Gasteiger partial charge in [-0.05, 0) is 5.56 Å². The summed E-state index contributed by atoms with van der Waals surface area (Å²) in [4.78, 5) is 4.80. The van der Waals surface area contributed by atoms with Crippen molar-refractivity contribution in [2.75, 3.05) is 34.2 Å². The molecule has 0 bridgehead atoms. The fraction of sp³-hybridized carbons (Fsp3) is 0.500. The van der Waals surface area contributed by atoms with Crippen LogP contribution in [0.25, 0.3) is 0 Å². The molecular weight excluding hydrogens is 290 g/mol. The normalized spacial score (nSPS) is 15.4. The van der Waals surface area contributed by atoms with Crippen LogP contribution in [0.4, 0.5) is 0 Å². The lowest BCUT2D eigenvalue weighted by molar-refractivity contribution is -0.477. The van der Waals surface area contributed by atoms with Crippen LogP contribution in [-0.4, -0.2) is 54.6 Å². The first-order chi connectivity index (χ1) is 8.18. The molecule has 1 saturated heterocycles. The summed E-state index contributed by atoms with van der Waals surface area (Å²) in [6, 6.07) is 10.7. The lowest BCUT2D eigenvalue weighted by Gasteiger charge is -2.31.